The van der Waals surface area contributed by atoms with Crippen LogP contribution in [0.1, 0.15) is 10.4 Å². The van der Waals surface area contributed by atoms with Crippen LogP contribution in [0.2, 0.25) is 0 Å². The smallest absolute Gasteiger partial charge is 0.261 e. The summed E-state index contributed by atoms with van der Waals surface area (Å²) in [7, 11) is -2.45. The Hall–Kier alpha value is -3.37. The van der Waals surface area contributed by atoms with Crippen LogP contribution in [0.3, 0.4) is 0 Å². The van der Waals surface area contributed by atoms with Crippen molar-refractivity contribution in [1.82, 2.24) is 4.98 Å². The fourth-order valence-corrected chi connectivity index (χ4v) is 3.76. The molecule has 0 spiro atoms. The quantitative estimate of drug-likeness (QED) is 0.350. The number of hydrogen-bond acceptors (Lipinski definition) is 6. The van der Waals surface area contributed by atoms with Crippen molar-refractivity contribution in [1.29, 1.82) is 0 Å². The van der Waals surface area contributed by atoms with Crippen molar-refractivity contribution in [2.75, 3.05) is 17.1 Å². The highest BCUT2D eigenvalue weighted by atomic mass is 32.2. The monoisotopic (exact) mass is 431 g/mol. The molecule has 3 aromatic rings. The molecule has 0 unspecified atom stereocenters. The minimum Gasteiger partial charge on any atom is -0.506 e. The molecule has 0 saturated heterocycles. The average molecular weight is 431 g/mol. The third kappa shape index (κ3) is 4.73. The van der Waals surface area contributed by atoms with Crippen molar-refractivity contribution in [3.8, 4) is 11.5 Å². The van der Waals surface area contributed by atoms with Crippen LogP contribution in [0.5, 0.6) is 11.5 Å². The summed E-state index contributed by atoms with van der Waals surface area (Å²) in [5.41, 5.74) is 0.456. The molecule has 1 heterocycles. The molecular weight excluding hydrogens is 414 g/mol. The molecule has 0 aliphatic rings. The van der Waals surface area contributed by atoms with E-state index in [1.54, 1.807) is 36.5 Å². The van der Waals surface area contributed by atoms with Gasteiger partial charge in [0, 0.05) is 11.9 Å². The summed E-state index contributed by atoms with van der Waals surface area (Å²) in [6.45, 7) is 0. The second-order valence-corrected chi connectivity index (χ2v) is 7.97. The molecule has 3 rings (SSSR count). The summed E-state index contributed by atoms with van der Waals surface area (Å²) in [6, 6.07) is 13.0. The number of ether oxygens (including phenoxy) is 1. The van der Waals surface area contributed by atoms with Crippen LogP contribution in [0, 0.1) is 4.64 Å². The standard InChI is InChI=1S/C19H17N3O5S2/c1-27-13-6-4-12(5-7-13)22-29(25,26)14-8-9-17(23)16(11-14)21-18(24)15-3-2-10-20-19(15)28/h2-11,22-23H,1H3,(H,20,28)(H,21,24). The molecule has 0 radical (unpaired) electrons. The Morgan fingerprint density at radius 2 is 1.86 bits per heavy atom. The lowest BCUT2D eigenvalue weighted by molar-refractivity contribution is 0.102. The number of aromatic amines is 1. The van der Waals surface area contributed by atoms with Crippen molar-refractivity contribution >= 4 is 39.5 Å². The maximum atomic E-state index is 12.7. The number of H-pyrrole nitrogens is 1. The molecule has 150 valence electrons. The van der Waals surface area contributed by atoms with Gasteiger partial charge in [-0.3, -0.25) is 9.52 Å². The molecule has 4 N–H and O–H groups in total. The normalized spacial score (nSPS) is 10.9. The largest absolute Gasteiger partial charge is 0.506 e. The summed E-state index contributed by atoms with van der Waals surface area (Å²) >= 11 is 5.06. The molecule has 2 aromatic carbocycles. The molecule has 1 aromatic heterocycles. The highest BCUT2D eigenvalue weighted by molar-refractivity contribution is 7.92. The molecule has 8 nitrogen and oxygen atoms in total. The Labute approximate surface area is 172 Å². The number of aromatic hydroxyl groups is 1. The van der Waals surface area contributed by atoms with Gasteiger partial charge in [-0.15, -0.1) is 0 Å². The van der Waals surface area contributed by atoms with Gasteiger partial charge in [0.2, 0.25) is 0 Å². The number of aromatic nitrogens is 1. The summed E-state index contributed by atoms with van der Waals surface area (Å²) in [5.74, 6) is -0.283. The second kappa shape index (κ2) is 8.33. The minimum atomic E-state index is -3.96. The van der Waals surface area contributed by atoms with E-state index >= 15 is 0 Å². The fourth-order valence-electron chi connectivity index (χ4n) is 2.45. The molecule has 0 fully saturated rings. The van der Waals surface area contributed by atoms with Gasteiger partial charge in [0.05, 0.1) is 23.3 Å². The first-order chi connectivity index (χ1) is 13.8. The molecule has 0 bridgehead atoms. The van der Waals surface area contributed by atoms with Gasteiger partial charge in [-0.25, -0.2) is 8.42 Å². The third-order valence-electron chi connectivity index (χ3n) is 3.93. The van der Waals surface area contributed by atoms with Gasteiger partial charge in [-0.2, -0.15) is 0 Å². The van der Waals surface area contributed by atoms with Crippen molar-refractivity contribution < 1.29 is 23.1 Å². The molecule has 0 aliphatic carbocycles. The third-order valence-corrected chi connectivity index (χ3v) is 5.65. The summed E-state index contributed by atoms with van der Waals surface area (Å²) in [6.07, 6.45) is 1.58. The minimum absolute atomic E-state index is 0.0640. The topological polar surface area (TPSA) is 121 Å². The van der Waals surface area contributed by atoms with Crippen molar-refractivity contribution in [2.45, 2.75) is 4.90 Å². The van der Waals surface area contributed by atoms with Crippen molar-refractivity contribution in [3.05, 3.63) is 71.0 Å². The van der Waals surface area contributed by atoms with Crippen LogP contribution in [0.15, 0.2) is 65.7 Å². The first kappa shape index (κ1) is 20.4. The zero-order valence-electron chi connectivity index (χ0n) is 15.2. The number of amides is 1. The first-order valence-corrected chi connectivity index (χ1v) is 10.2. The zero-order chi connectivity index (χ0) is 21.0. The Bertz CT molecular complexity index is 1210. The number of rotatable bonds is 6. The summed E-state index contributed by atoms with van der Waals surface area (Å²) in [4.78, 5) is 15.0. The predicted molar refractivity (Wildman–Crippen MR) is 111 cm³/mol. The summed E-state index contributed by atoms with van der Waals surface area (Å²) in [5, 5.41) is 12.5. The molecule has 0 atom stereocenters. The van der Waals surface area contributed by atoms with Crippen LogP contribution in [-0.4, -0.2) is 31.5 Å². The van der Waals surface area contributed by atoms with E-state index in [1.165, 1.54) is 25.3 Å². The second-order valence-electron chi connectivity index (χ2n) is 5.88. The Balaban J connectivity index is 1.86. The van der Waals surface area contributed by atoms with Gasteiger partial charge in [0.15, 0.2) is 0 Å². The van der Waals surface area contributed by atoms with Crippen molar-refractivity contribution in [3.63, 3.8) is 0 Å². The van der Waals surface area contributed by atoms with E-state index in [9.17, 15) is 18.3 Å². The first-order valence-electron chi connectivity index (χ1n) is 8.29. The summed E-state index contributed by atoms with van der Waals surface area (Å²) < 4.78 is 33.0. The van der Waals surface area contributed by atoms with Gasteiger partial charge >= 0.3 is 0 Å². The number of pyridine rings is 1. The highest BCUT2D eigenvalue weighted by Crippen LogP contribution is 2.28. The Morgan fingerprint density at radius 1 is 1.14 bits per heavy atom. The highest BCUT2D eigenvalue weighted by Gasteiger charge is 2.18. The number of hydrogen-bond donors (Lipinski definition) is 4. The molecule has 1 amide bonds. The van der Waals surface area contributed by atoms with Crippen LogP contribution in [0.4, 0.5) is 11.4 Å². The fraction of sp³-hybridized carbons (Fsp3) is 0.0526. The van der Waals surface area contributed by atoms with E-state index in [4.69, 9.17) is 17.0 Å². The van der Waals surface area contributed by atoms with E-state index in [0.29, 0.717) is 11.4 Å². The number of nitrogens with one attached hydrogen (secondary N) is 3. The maximum absolute atomic E-state index is 12.7. The Kier molecular flexibility index (Phi) is 5.85. The average Bonchev–Trinajstić information content (AvgIpc) is 2.70. The van der Waals surface area contributed by atoms with Crippen LogP contribution < -0.4 is 14.8 Å². The molecular formula is C19H17N3O5S2. The van der Waals surface area contributed by atoms with E-state index in [2.05, 4.69) is 15.0 Å². The Morgan fingerprint density at radius 3 is 2.52 bits per heavy atom. The van der Waals surface area contributed by atoms with Crippen LogP contribution in [-0.2, 0) is 10.0 Å². The van der Waals surface area contributed by atoms with Crippen LogP contribution in [0.25, 0.3) is 0 Å². The lowest BCUT2D eigenvalue weighted by Crippen LogP contribution is -2.15. The lowest BCUT2D eigenvalue weighted by atomic mass is 10.2. The van der Waals surface area contributed by atoms with E-state index < -0.39 is 15.9 Å². The van der Waals surface area contributed by atoms with Crippen molar-refractivity contribution in [2.24, 2.45) is 0 Å². The number of sulfonamides is 1. The number of benzene rings is 2. The van der Waals surface area contributed by atoms with Gasteiger partial charge in [-0.05, 0) is 54.6 Å². The SMILES string of the molecule is COc1ccc(NS(=O)(=O)c2ccc(O)c(NC(=O)c3ccc[nH]c3=S)c2)cc1. The van der Waals surface area contributed by atoms with Gasteiger partial charge < -0.3 is 20.1 Å². The maximum Gasteiger partial charge on any atom is 0.261 e. The van der Waals surface area contributed by atoms with E-state index in [1.807, 2.05) is 0 Å². The molecule has 0 saturated carbocycles. The lowest BCUT2D eigenvalue weighted by Gasteiger charge is -2.12. The number of phenolic OH excluding ortho intramolecular Hbond substituents is 1. The predicted octanol–water partition coefficient (Wildman–Crippen LogP) is 3.51. The number of anilines is 2. The molecule has 29 heavy (non-hydrogen) atoms. The van der Waals surface area contributed by atoms with E-state index in [-0.39, 0.29) is 26.5 Å². The molecule has 10 heteroatoms. The number of phenols is 1. The van der Waals surface area contributed by atoms with Gasteiger partial charge in [-0.1, -0.05) is 12.2 Å². The zero-order valence-corrected chi connectivity index (χ0v) is 16.8. The van der Waals surface area contributed by atoms with E-state index in [0.717, 1.165) is 6.07 Å². The number of carbonyl (C=O) groups excluding carboxylic acids is 1. The van der Waals surface area contributed by atoms with Gasteiger partial charge in [0.1, 0.15) is 16.1 Å². The van der Waals surface area contributed by atoms with Gasteiger partial charge in [0.25, 0.3) is 15.9 Å². The number of methoxy groups -OCH3 is 1. The number of carbonyl (C=O) groups is 1. The van der Waals surface area contributed by atoms with Crippen LogP contribution >= 0.6 is 12.2 Å². The molecule has 0 aliphatic heterocycles.